The van der Waals surface area contributed by atoms with E-state index in [1.165, 1.54) is 17.0 Å². The van der Waals surface area contributed by atoms with Crippen molar-refractivity contribution in [1.82, 2.24) is 10.2 Å². The highest BCUT2D eigenvalue weighted by molar-refractivity contribution is 7.92. The number of nitrogens with zero attached hydrogens (tertiary/aromatic N) is 2. The maximum absolute atomic E-state index is 14.0. The van der Waals surface area contributed by atoms with Gasteiger partial charge in [-0.05, 0) is 68.7 Å². The number of rotatable bonds is 14. The van der Waals surface area contributed by atoms with Gasteiger partial charge in [0.25, 0.3) is 10.0 Å². The summed E-state index contributed by atoms with van der Waals surface area (Å²) in [4.78, 5) is 28.8. The molecule has 214 valence electrons. The van der Waals surface area contributed by atoms with Gasteiger partial charge in [-0.15, -0.1) is 0 Å². The first-order chi connectivity index (χ1) is 19.2. The summed E-state index contributed by atoms with van der Waals surface area (Å²) in [5, 5.41) is 2.98. The van der Waals surface area contributed by atoms with Crippen LogP contribution in [0.25, 0.3) is 0 Å². The second-order valence-corrected chi connectivity index (χ2v) is 11.4. The molecular formula is C31H39N3O5S. The van der Waals surface area contributed by atoms with Crippen molar-refractivity contribution in [2.45, 2.75) is 64.1 Å². The molecule has 40 heavy (non-hydrogen) atoms. The Morgan fingerprint density at radius 2 is 1.45 bits per heavy atom. The highest BCUT2D eigenvalue weighted by Gasteiger charge is 2.33. The topological polar surface area (TPSA) is 96.0 Å². The summed E-state index contributed by atoms with van der Waals surface area (Å²) < 4.78 is 34.4. The maximum Gasteiger partial charge on any atom is 0.264 e. The lowest BCUT2D eigenvalue weighted by Crippen LogP contribution is -2.53. The quantitative estimate of drug-likeness (QED) is 0.297. The van der Waals surface area contributed by atoms with Crippen molar-refractivity contribution in [3.63, 3.8) is 0 Å². The summed E-state index contributed by atoms with van der Waals surface area (Å²) in [7, 11) is -4.13. The average Bonchev–Trinajstić information content (AvgIpc) is 2.97. The van der Waals surface area contributed by atoms with Gasteiger partial charge in [0.1, 0.15) is 18.3 Å². The van der Waals surface area contributed by atoms with Crippen molar-refractivity contribution in [2.24, 2.45) is 0 Å². The standard InChI is InChI=1S/C31H39N3O5S/c1-5-24(4)32-31(36)29(6-2)33(22-25-14-10-8-11-15-25)30(35)23-34(26-16-12-9-13-17-26)40(37,38)28-20-18-27(19-21-28)39-7-3/h8-21,24,29H,5-7,22-23H2,1-4H3,(H,32,36)/t24-,29-/m1/s1. The molecule has 0 heterocycles. The van der Waals surface area contributed by atoms with Crippen molar-refractivity contribution in [2.75, 3.05) is 17.5 Å². The average molecular weight is 566 g/mol. The number of carbonyl (C=O) groups is 2. The van der Waals surface area contributed by atoms with Crippen molar-refractivity contribution < 1.29 is 22.7 Å². The molecule has 9 heteroatoms. The Balaban J connectivity index is 2.01. The monoisotopic (exact) mass is 565 g/mol. The zero-order valence-corrected chi connectivity index (χ0v) is 24.4. The maximum atomic E-state index is 14.0. The molecule has 0 radical (unpaired) electrons. The number of hydrogen-bond acceptors (Lipinski definition) is 5. The van der Waals surface area contributed by atoms with Crippen LogP contribution >= 0.6 is 0 Å². The summed E-state index contributed by atoms with van der Waals surface area (Å²) >= 11 is 0. The smallest absolute Gasteiger partial charge is 0.264 e. The molecule has 3 aromatic carbocycles. The van der Waals surface area contributed by atoms with Crippen LogP contribution in [-0.4, -0.2) is 50.4 Å². The fourth-order valence-electron chi connectivity index (χ4n) is 4.27. The lowest BCUT2D eigenvalue weighted by atomic mass is 10.1. The van der Waals surface area contributed by atoms with E-state index >= 15 is 0 Å². The Hall–Kier alpha value is -3.85. The van der Waals surface area contributed by atoms with E-state index < -0.39 is 28.5 Å². The van der Waals surface area contributed by atoms with Crippen LogP contribution in [0.5, 0.6) is 5.75 Å². The van der Waals surface area contributed by atoms with E-state index in [9.17, 15) is 18.0 Å². The minimum atomic E-state index is -4.13. The fraction of sp³-hybridized carbons (Fsp3) is 0.355. The molecule has 0 aliphatic heterocycles. The minimum absolute atomic E-state index is 0.0313. The zero-order valence-electron chi connectivity index (χ0n) is 23.6. The van der Waals surface area contributed by atoms with Gasteiger partial charge in [-0.2, -0.15) is 0 Å². The van der Waals surface area contributed by atoms with Crippen LogP contribution in [0.1, 0.15) is 46.1 Å². The van der Waals surface area contributed by atoms with E-state index in [4.69, 9.17) is 4.74 Å². The number of ether oxygens (including phenoxy) is 1. The largest absolute Gasteiger partial charge is 0.494 e. The predicted molar refractivity (Wildman–Crippen MR) is 158 cm³/mol. The first-order valence-electron chi connectivity index (χ1n) is 13.7. The fourth-order valence-corrected chi connectivity index (χ4v) is 5.68. The molecule has 2 atom stereocenters. The molecule has 2 amide bonds. The van der Waals surface area contributed by atoms with Gasteiger partial charge in [-0.1, -0.05) is 62.4 Å². The van der Waals surface area contributed by atoms with Crippen LogP contribution < -0.4 is 14.4 Å². The first-order valence-corrected chi connectivity index (χ1v) is 15.1. The number of para-hydroxylation sites is 1. The molecule has 0 saturated heterocycles. The molecule has 8 nitrogen and oxygen atoms in total. The van der Waals surface area contributed by atoms with E-state index in [0.717, 1.165) is 16.3 Å². The molecular weight excluding hydrogens is 526 g/mol. The van der Waals surface area contributed by atoms with E-state index in [1.807, 2.05) is 58.0 Å². The molecule has 0 bridgehead atoms. The van der Waals surface area contributed by atoms with Crippen LogP contribution in [0.2, 0.25) is 0 Å². The molecule has 0 spiro atoms. The second-order valence-electron chi connectivity index (χ2n) is 9.50. The Kier molecular flexibility index (Phi) is 11.1. The van der Waals surface area contributed by atoms with Crippen molar-refractivity contribution in [3.05, 3.63) is 90.5 Å². The molecule has 1 N–H and O–H groups in total. The van der Waals surface area contributed by atoms with Crippen LogP contribution in [0.3, 0.4) is 0 Å². The Bertz CT molecular complexity index is 1330. The first kappa shape index (κ1) is 30.7. The predicted octanol–water partition coefficient (Wildman–Crippen LogP) is 5.00. The van der Waals surface area contributed by atoms with Crippen molar-refractivity contribution in [1.29, 1.82) is 0 Å². The minimum Gasteiger partial charge on any atom is -0.494 e. The molecule has 3 rings (SSSR count). The Morgan fingerprint density at radius 1 is 0.850 bits per heavy atom. The Labute approximate surface area is 238 Å². The third-order valence-electron chi connectivity index (χ3n) is 6.63. The van der Waals surface area contributed by atoms with Gasteiger partial charge in [0, 0.05) is 12.6 Å². The number of hydrogen-bond donors (Lipinski definition) is 1. The molecule has 0 aliphatic carbocycles. The lowest BCUT2D eigenvalue weighted by molar-refractivity contribution is -0.140. The third kappa shape index (κ3) is 7.85. The number of sulfonamides is 1. The van der Waals surface area contributed by atoms with Crippen LogP contribution in [0, 0.1) is 0 Å². The van der Waals surface area contributed by atoms with E-state index in [1.54, 1.807) is 42.5 Å². The van der Waals surface area contributed by atoms with Gasteiger partial charge < -0.3 is 15.0 Å². The van der Waals surface area contributed by atoms with Gasteiger partial charge in [-0.25, -0.2) is 8.42 Å². The van der Waals surface area contributed by atoms with Gasteiger partial charge in [-0.3, -0.25) is 13.9 Å². The number of anilines is 1. The Morgan fingerprint density at radius 3 is 2.00 bits per heavy atom. The number of carbonyl (C=O) groups excluding carboxylic acids is 2. The summed E-state index contributed by atoms with van der Waals surface area (Å²) in [5.74, 6) is -0.189. The van der Waals surface area contributed by atoms with E-state index in [0.29, 0.717) is 24.5 Å². The molecule has 0 aliphatic rings. The number of amides is 2. The number of benzene rings is 3. The third-order valence-corrected chi connectivity index (χ3v) is 8.42. The van der Waals surface area contributed by atoms with Gasteiger partial charge in [0.05, 0.1) is 17.2 Å². The van der Waals surface area contributed by atoms with Gasteiger partial charge in [0.15, 0.2) is 0 Å². The normalized spacial score (nSPS) is 12.7. The molecule has 0 saturated carbocycles. The van der Waals surface area contributed by atoms with Crippen molar-refractivity contribution in [3.8, 4) is 5.75 Å². The number of nitrogens with one attached hydrogen (secondary N) is 1. The van der Waals surface area contributed by atoms with Gasteiger partial charge in [0.2, 0.25) is 11.8 Å². The van der Waals surface area contributed by atoms with Crippen LogP contribution in [0.4, 0.5) is 5.69 Å². The molecule has 0 fully saturated rings. The molecule has 0 aromatic heterocycles. The highest BCUT2D eigenvalue weighted by Crippen LogP contribution is 2.26. The second kappa shape index (κ2) is 14.5. The summed E-state index contributed by atoms with van der Waals surface area (Å²) in [6.45, 7) is 7.73. The highest BCUT2D eigenvalue weighted by atomic mass is 32.2. The summed E-state index contributed by atoms with van der Waals surface area (Å²) in [5.41, 5.74) is 1.19. The lowest BCUT2D eigenvalue weighted by Gasteiger charge is -2.33. The van der Waals surface area contributed by atoms with Gasteiger partial charge >= 0.3 is 0 Å². The summed E-state index contributed by atoms with van der Waals surface area (Å²) in [6.07, 6.45) is 1.12. The van der Waals surface area contributed by atoms with E-state index in [2.05, 4.69) is 5.32 Å². The SMILES string of the molecule is CCOc1ccc(S(=O)(=O)N(CC(=O)N(Cc2ccccc2)[C@H](CC)C(=O)N[C@H](C)CC)c2ccccc2)cc1. The van der Waals surface area contributed by atoms with E-state index in [-0.39, 0.29) is 23.4 Å². The molecule has 0 unspecified atom stereocenters. The van der Waals surface area contributed by atoms with Crippen molar-refractivity contribution >= 4 is 27.5 Å². The van der Waals surface area contributed by atoms with Crippen LogP contribution in [0.15, 0.2) is 89.8 Å². The zero-order chi connectivity index (χ0) is 29.1. The summed E-state index contributed by atoms with van der Waals surface area (Å²) in [6, 6.07) is 23.2. The van der Waals surface area contributed by atoms with Crippen LogP contribution in [-0.2, 0) is 26.2 Å². The molecule has 3 aromatic rings.